The van der Waals surface area contributed by atoms with E-state index in [9.17, 15) is 13.2 Å². The number of anilines is 1. The van der Waals surface area contributed by atoms with Crippen molar-refractivity contribution in [3.8, 4) is 11.3 Å². The number of sulfone groups is 1. The predicted molar refractivity (Wildman–Crippen MR) is 130 cm³/mol. The minimum atomic E-state index is -3.44. The zero-order valence-electron chi connectivity index (χ0n) is 18.0. The van der Waals surface area contributed by atoms with Crippen LogP contribution in [0.15, 0.2) is 108 Å². The SMILES string of the molecule is O=C(Nc1ccc(-c2cn3cccnc3n2)cc1)c1ccc(CS(=O)(=O)c2ccccc2)cc1. The van der Waals surface area contributed by atoms with Crippen molar-refractivity contribution in [3.05, 3.63) is 115 Å². The van der Waals surface area contributed by atoms with Gasteiger partial charge in [-0.2, -0.15) is 0 Å². The standard InChI is InChI=1S/C26H20N4O3S/c31-25(21-9-7-19(8-10-21)18-34(32,33)23-5-2-1-3-6-23)28-22-13-11-20(12-14-22)24-17-30-16-4-15-27-26(30)29-24/h1-17H,18H2,(H,28,31). The van der Waals surface area contributed by atoms with E-state index in [-0.39, 0.29) is 16.6 Å². The Kier molecular flexibility index (Phi) is 5.65. The molecule has 0 radical (unpaired) electrons. The van der Waals surface area contributed by atoms with E-state index in [0.717, 1.165) is 11.3 Å². The largest absolute Gasteiger partial charge is 0.322 e. The molecule has 0 fully saturated rings. The number of rotatable bonds is 6. The van der Waals surface area contributed by atoms with Crippen LogP contribution in [0.4, 0.5) is 5.69 Å². The number of hydrogen-bond acceptors (Lipinski definition) is 5. The predicted octanol–water partition coefficient (Wildman–Crippen LogP) is 4.62. The fourth-order valence-electron chi connectivity index (χ4n) is 3.58. The fraction of sp³-hybridized carbons (Fsp3) is 0.0385. The highest BCUT2D eigenvalue weighted by Gasteiger charge is 2.15. The summed E-state index contributed by atoms with van der Waals surface area (Å²) in [5, 5.41) is 2.86. The molecule has 0 spiro atoms. The van der Waals surface area contributed by atoms with E-state index in [1.54, 1.807) is 60.8 Å². The molecular formula is C26H20N4O3S. The maximum absolute atomic E-state index is 12.7. The van der Waals surface area contributed by atoms with Gasteiger partial charge < -0.3 is 5.32 Å². The number of benzene rings is 3. The Morgan fingerprint density at radius 3 is 2.32 bits per heavy atom. The first-order chi connectivity index (χ1) is 16.5. The van der Waals surface area contributed by atoms with Crippen molar-refractivity contribution in [2.75, 3.05) is 5.32 Å². The monoisotopic (exact) mass is 468 g/mol. The number of carbonyl (C=O) groups is 1. The number of amides is 1. The van der Waals surface area contributed by atoms with E-state index in [0.29, 0.717) is 22.6 Å². The molecule has 0 saturated carbocycles. The Bertz CT molecular complexity index is 1530. The van der Waals surface area contributed by atoms with Crippen LogP contribution >= 0.6 is 0 Å². The van der Waals surface area contributed by atoms with E-state index >= 15 is 0 Å². The van der Waals surface area contributed by atoms with E-state index in [1.807, 2.05) is 47.1 Å². The summed E-state index contributed by atoms with van der Waals surface area (Å²) in [6, 6.07) is 24.1. The van der Waals surface area contributed by atoms with Crippen LogP contribution in [0, 0.1) is 0 Å². The number of fused-ring (bicyclic) bond motifs is 1. The Morgan fingerprint density at radius 1 is 0.882 bits per heavy atom. The third kappa shape index (κ3) is 4.57. The highest BCUT2D eigenvalue weighted by molar-refractivity contribution is 7.90. The van der Waals surface area contributed by atoms with Crippen LogP contribution in [0.1, 0.15) is 15.9 Å². The zero-order chi connectivity index (χ0) is 23.5. The third-order valence-electron chi connectivity index (χ3n) is 5.35. The van der Waals surface area contributed by atoms with Gasteiger partial charge in [-0.05, 0) is 48.0 Å². The normalized spacial score (nSPS) is 11.4. The second kappa shape index (κ2) is 8.92. The van der Waals surface area contributed by atoms with Gasteiger partial charge in [-0.15, -0.1) is 0 Å². The van der Waals surface area contributed by atoms with Crippen LogP contribution in [-0.4, -0.2) is 28.7 Å². The van der Waals surface area contributed by atoms with Crippen molar-refractivity contribution < 1.29 is 13.2 Å². The summed E-state index contributed by atoms with van der Waals surface area (Å²) in [7, 11) is -3.44. The number of nitrogens with one attached hydrogen (secondary N) is 1. The summed E-state index contributed by atoms with van der Waals surface area (Å²) in [4.78, 5) is 21.6. The smallest absolute Gasteiger partial charge is 0.255 e. The van der Waals surface area contributed by atoms with Crippen molar-refractivity contribution in [2.24, 2.45) is 0 Å². The first-order valence-corrected chi connectivity index (χ1v) is 12.2. The minimum absolute atomic E-state index is 0.126. The molecule has 34 heavy (non-hydrogen) atoms. The van der Waals surface area contributed by atoms with E-state index in [1.165, 1.54) is 0 Å². The molecular weight excluding hydrogens is 448 g/mol. The van der Waals surface area contributed by atoms with Gasteiger partial charge in [-0.3, -0.25) is 9.20 Å². The number of aromatic nitrogens is 3. The Hall–Kier alpha value is -4.30. The Labute approximate surface area is 196 Å². The molecule has 8 heteroatoms. The molecule has 5 aromatic rings. The van der Waals surface area contributed by atoms with Crippen molar-refractivity contribution in [1.82, 2.24) is 14.4 Å². The van der Waals surface area contributed by atoms with Crippen LogP contribution in [-0.2, 0) is 15.6 Å². The molecule has 0 saturated heterocycles. The van der Waals surface area contributed by atoms with Gasteiger partial charge in [0.1, 0.15) is 0 Å². The van der Waals surface area contributed by atoms with Gasteiger partial charge in [-0.1, -0.05) is 42.5 Å². The fourth-order valence-corrected chi connectivity index (χ4v) is 4.95. The first kappa shape index (κ1) is 21.5. The topological polar surface area (TPSA) is 93.4 Å². The molecule has 1 amide bonds. The molecule has 0 bridgehead atoms. The van der Waals surface area contributed by atoms with E-state index in [4.69, 9.17) is 0 Å². The summed E-state index contributed by atoms with van der Waals surface area (Å²) < 4.78 is 27.0. The number of imidazole rings is 1. The van der Waals surface area contributed by atoms with Gasteiger partial charge >= 0.3 is 0 Å². The van der Waals surface area contributed by atoms with Crippen molar-refractivity contribution in [2.45, 2.75) is 10.6 Å². The van der Waals surface area contributed by atoms with E-state index in [2.05, 4.69) is 15.3 Å². The number of hydrogen-bond donors (Lipinski definition) is 1. The molecule has 0 aliphatic carbocycles. The second-order valence-corrected chi connectivity index (χ2v) is 9.74. The van der Waals surface area contributed by atoms with Gasteiger partial charge in [0.05, 0.1) is 16.3 Å². The summed E-state index contributed by atoms with van der Waals surface area (Å²) in [6.07, 6.45) is 5.48. The second-order valence-electron chi connectivity index (χ2n) is 7.75. The van der Waals surface area contributed by atoms with Crippen molar-refractivity contribution >= 4 is 27.2 Å². The maximum atomic E-state index is 12.7. The van der Waals surface area contributed by atoms with Gasteiger partial charge in [0.25, 0.3) is 5.91 Å². The Balaban J connectivity index is 1.25. The first-order valence-electron chi connectivity index (χ1n) is 10.6. The van der Waals surface area contributed by atoms with Crippen molar-refractivity contribution in [1.29, 1.82) is 0 Å². The molecule has 0 aliphatic heterocycles. The molecule has 0 atom stereocenters. The Morgan fingerprint density at radius 2 is 1.62 bits per heavy atom. The van der Waals surface area contributed by atoms with Gasteiger partial charge in [-0.25, -0.2) is 18.4 Å². The zero-order valence-corrected chi connectivity index (χ0v) is 18.8. The third-order valence-corrected chi connectivity index (χ3v) is 7.05. The van der Waals surface area contributed by atoms with Crippen LogP contribution < -0.4 is 5.32 Å². The van der Waals surface area contributed by atoms with Gasteiger partial charge in [0.2, 0.25) is 5.78 Å². The van der Waals surface area contributed by atoms with Crippen LogP contribution in [0.5, 0.6) is 0 Å². The average Bonchev–Trinajstić information content (AvgIpc) is 3.30. The lowest BCUT2D eigenvalue weighted by molar-refractivity contribution is 0.102. The maximum Gasteiger partial charge on any atom is 0.255 e. The minimum Gasteiger partial charge on any atom is -0.322 e. The van der Waals surface area contributed by atoms with Crippen molar-refractivity contribution in [3.63, 3.8) is 0 Å². The molecule has 7 nitrogen and oxygen atoms in total. The summed E-state index contributed by atoms with van der Waals surface area (Å²) >= 11 is 0. The molecule has 0 aliphatic rings. The lowest BCUT2D eigenvalue weighted by atomic mass is 10.1. The highest BCUT2D eigenvalue weighted by Crippen LogP contribution is 2.22. The van der Waals surface area contributed by atoms with Crippen LogP contribution in [0.2, 0.25) is 0 Å². The molecule has 2 heterocycles. The quantitative estimate of drug-likeness (QED) is 0.392. The molecule has 3 aromatic carbocycles. The molecule has 0 unspecified atom stereocenters. The van der Waals surface area contributed by atoms with Gasteiger partial charge in [0, 0.05) is 35.4 Å². The average molecular weight is 469 g/mol. The molecule has 2 aromatic heterocycles. The molecule has 168 valence electrons. The molecule has 1 N–H and O–H groups in total. The summed E-state index contributed by atoms with van der Waals surface area (Å²) in [5.41, 5.74) is 3.40. The summed E-state index contributed by atoms with van der Waals surface area (Å²) in [5.74, 6) is 0.218. The summed E-state index contributed by atoms with van der Waals surface area (Å²) in [6.45, 7) is 0. The van der Waals surface area contributed by atoms with Crippen LogP contribution in [0.3, 0.4) is 0 Å². The van der Waals surface area contributed by atoms with Crippen LogP contribution in [0.25, 0.3) is 17.0 Å². The molecule has 5 rings (SSSR count). The highest BCUT2D eigenvalue weighted by atomic mass is 32.2. The lowest BCUT2D eigenvalue weighted by Gasteiger charge is -2.08. The van der Waals surface area contributed by atoms with Gasteiger partial charge in [0.15, 0.2) is 9.84 Å². The van der Waals surface area contributed by atoms with E-state index < -0.39 is 9.84 Å². The number of carbonyl (C=O) groups excluding carboxylic acids is 1. The number of nitrogens with zero attached hydrogens (tertiary/aromatic N) is 3. The lowest BCUT2D eigenvalue weighted by Crippen LogP contribution is -2.12.